The van der Waals surface area contributed by atoms with Gasteiger partial charge in [0.05, 0.1) is 5.56 Å². The molecule has 0 aliphatic heterocycles. The molecule has 2 aromatic rings. The van der Waals surface area contributed by atoms with Crippen molar-refractivity contribution in [1.82, 2.24) is 4.57 Å². The Labute approximate surface area is 157 Å². The minimum Gasteiger partial charge on any atom is -0.494 e. The van der Waals surface area contributed by atoms with Crippen molar-refractivity contribution in [2.45, 2.75) is 46.1 Å². The van der Waals surface area contributed by atoms with Gasteiger partial charge in [0, 0.05) is 18.0 Å². The van der Waals surface area contributed by atoms with Crippen molar-refractivity contribution in [2.24, 2.45) is 0 Å². The van der Waals surface area contributed by atoms with Gasteiger partial charge in [-0.2, -0.15) is 5.26 Å². The number of carbonyl (C=O) groups excluding carboxylic acids is 1. The number of aromatic hydroxyl groups is 1. The highest BCUT2D eigenvalue weighted by Crippen LogP contribution is 2.24. The molecule has 0 spiro atoms. The Kier molecular flexibility index (Phi) is 6.59. The molecule has 0 bridgehead atoms. The summed E-state index contributed by atoms with van der Waals surface area (Å²) >= 11 is 5.85. The third-order valence-electron chi connectivity index (χ3n) is 4.34. The van der Waals surface area contributed by atoms with E-state index in [0.29, 0.717) is 11.4 Å². The summed E-state index contributed by atoms with van der Waals surface area (Å²) in [6.07, 6.45) is 2.57. The van der Waals surface area contributed by atoms with Gasteiger partial charge in [0.2, 0.25) is 5.88 Å². The molecule has 0 saturated heterocycles. The number of nitriles is 1. The molecule has 1 aromatic heterocycles. The predicted octanol–water partition coefficient (Wildman–Crippen LogP) is 4.00. The number of carbonyl (C=O) groups is 1. The van der Waals surface area contributed by atoms with E-state index in [1.54, 1.807) is 24.3 Å². The van der Waals surface area contributed by atoms with Crippen LogP contribution in [0.5, 0.6) is 5.88 Å². The number of pyridine rings is 1. The summed E-state index contributed by atoms with van der Waals surface area (Å²) in [6.45, 7) is 3.82. The quantitative estimate of drug-likeness (QED) is 0.588. The van der Waals surface area contributed by atoms with Crippen molar-refractivity contribution >= 4 is 17.4 Å². The molecular formula is C20H21ClN2O3. The maximum atomic E-state index is 12.8. The van der Waals surface area contributed by atoms with E-state index in [2.05, 4.69) is 0 Å². The lowest BCUT2D eigenvalue weighted by Crippen LogP contribution is -2.27. The van der Waals surface area contributed by atoms with E-state index in [9.17, 15) is 20.0 Å². The van der Waals surface area contributed by atoms with Crippen LogP contribution in [0, 0.1) is 18.3 Å². The van der Waals surface area contributed by atoms with E-state index < -0.39 is 5.56 Å². The molecule has 0 aliphatic carbocycles. The lowest BCUT2D eigenvalue weighted by atomic mass is 9.97. The van der Waals surface area contributed by atoms with Crippen molar-refractivity contribution in [3.05, 3.63) is 61.9 Å². The molecular weight excluding hydrogens is 352 g/mol. The highest BCUT2D eigenvalue weighted by Gasteiger charge is 2.23. The van der Waals surface area contributed by atoms with Crippen LogP contribution in [0.2, 0.25) is 5.02 Å². The Morgan fingerprint density at radius 1 is 1.27 bits per heavy atom. The number of Topliss-reactive ketones (excluding diaryl/α,β-unsaturated/α-hetero) is 1. The Bertz CT molecular complexity index is 909. The highest BCUT2D eigenvalue weighted by atomic mass is 35.5. The molecule has 0 aliphatic rings. The first-order chi connectivity index (χ1) is 12.4. The second-order valence-corrected chi connectivity index (χ2v) is 6.64. The average molecular weight is 373 g/mol. The summed E-state index contributed by atoms with van der Waals surface area (Å²) in [5, 5.41) is 20.5. The zero-order chi connectivity index (χ0) is 19.3. The van der Waals surface area contributed by atoms with Crippen LogP contribution in [0.1, 0.15) is 53.2 Å². The molecule has 136 valence electrons. The largest absolute Gasteiger partial charge is 0.494 e. The molecule has 26 heavy (non-hydrogen) atoms. The molecule has 2 rings (SSSR count). The van der Waals surface area contributed by atoms with Gasteiger partial charge in [-0.05, 0) is 36.6 Å². The van der Waals surface area contributed by atoms with Crippen molar-refractivity contribution in [3.63, 3.8) is 0 Å². The van der Waals surface area contributed by atoms with Gasteiger partial charge in [0.1, 0.15) is 11.6 Å². The van der Waals surface area contributed by atoms with Crippen LogP contribution in [0.4, 0.5) is 0 Å². The van der Waals surface area contributed by atoms with Gasteiger partial charge < -0.3 is 5.11 Å². The molecule has 1 heterocycles. The molecule has 0 saturated carbocycles. The standard InChI is InChI=1S/C20H21ClN2O3/c1-3-4-5-10-23-19(25)16(12-22)13(2)18(20(23)26)17(24)11-14-6-8-15(21)9-7-14/h6-9,26H,3-5,10-11H2,1-2H3. The zero-order valence-electron chi connectivity index (χ0n) is 14.9. The van der Waals surface area contributed by atoms with E-state index in [1.807, 2.05) is 13.0 Å². The third kappa shape index (κ3) is 4.14. The van der Waals surface area contributed by atoms with Crippen LogP contribution in [0.15, 0.2) is 29.1 Å². The van der Waals surface area contributed by atoms with Crippen molar-refractivity contribution in [2.75, 3.05) is 0 Å². The minimum atomic E-state index is -0.554. The molecule has 0 atom stereocenters. The molecule has 0 amide bonds. The van der Waals surface area contributed by atoms with E-state index in [1.165, 1.54) is 6.92 Å². The second kappa shape index (κ2) is 8.68. The third-order valence-corrected chi connectivity index (χ3v) is 4.59. The Morgan fingerprint density at radius 3 is 2.50 bits per heavy atom. The van der Waals surface area contributed by atoms with Gasteiger partial charge in [-0.3, -0.25) is 14.2 Å². The van der Waals surface area contributed by atoms with E-state index >= 15 is 0 Å². The van der Waals surface area contributed by atoms with Crippen molar-refractivity contribution < 1.29 is 9.90 Å². The summed E-state index contributed by atoms with van der Waals surface area (Å²) in [5.74, 6) is -0.704. The number of hydrogen-bond acceptors (Lipinski definition) is 4. The van der Waals surface area contributed by atoms with Crippen molar-refractivity contribution in [3.8, 4) is 11.9 Å². The molecule has 6 heteroatoms. The zero-order valence-corrected chi connectivity index (χ0v) is 15.6. The lowest BCUT2D eigenvalue weighted by Gasteiger charge is -2.15. The van der Waals surface area contributed by atoms with Crippen LogP contribution >= 0.6 is 11.6 Å². The normalized spacial score (nSPS) is 10.5. The number of aromatic nitrogens is 1. The smallest absolute Gasteiger partial charge is 0.271 e. The number of rotatable bonds is 7. The van der Waals surface area contributed by atoms with Gasteiger partial charge >= 0.3 is 0 Å². The summed E-state index contributed by atoms with van der Waals surface area (Å²) in [4.78, 5) is 25.2. The Hall–Kier alpha value is -2.58. The number of halogens is 1. The minimum absolute atomic E-state index is 0.0348. The number of hydrogen-bond donors (Lipinski definition) is 1. The van der Waals surface area contributed by atoms with Crippen molar-refractivity contribution in [1.29, 1.82) is 5.26 Å². The number of unbranched alkanes of at least 4 members (excludes halogenated alkanes) is 2. The van der Waals surface area contributed by atoms with Crippen LogP contribution in [0.25, 0.3) is 0 Å². The molecule has 1 N–H and O–H groups in total. The van der Waals surface area contributed by atoms with Gasteiger partial charge in [0.15, 0.2) is 5.78 Å². The van der Waals surface area contributed by atoms with Gasteiger partial charge in [0.25, 0.3) is 5.56 Å². The van der Waals surface area contributed by atoms with Crippen LogP contribution < -0.4 is 5.56 Å². The number of ketones is 1. The maximum absolute atomic E-state index is 12.8. The Morgan fingerprint density at radius 2 is 1.92 bits per heavy atom. The number of benzene rings is 1. The topological polar surface area (TPSA) is 83.1 Å². The lowest BCUT2D eigenvalue weighted by molar-refractivity contribution is 0.0988. The first kappa shape index (κ1) is 19.7. The second-order valence-electron chi connectivity index (χ2n) is 6.20. The monoisotopic (exact) mass is 372 g/mol. The molecule has 5 nitrogen and oxygen atoms in total. The van der Waals surface area contributed by atoms with Crippen LogP contribution in [-0.2, 0) is 13.0 Å². The fourth-order valence-electron chi connectivity index (χ4n) is 2.89. The van der Waals surface area contributed by atoms with E-state index in [4.69, 9.17) is 11.6 Å². The Balaban J connectivity index is 2.47. The first-order valence-corrected chi connectivity index (χ1v) is 8.92. The van der Waals surface area contributed by atoms with Gasteiger partial charge in [-0.1, -0.05) is 43.5 Å². The van der Waals surface area contributed by atoms with E-state index in [0.717, 1.165) is 23.0 Å². The van der Waals surface area contributed by atoms with Crippen LogP contribution in [-0.4, -0.2) is 15.5 Å². The SMILES string of the molecule is CCCCCn1c(O)c(C(=O)Cc2ccc(Cl)cc2)c(C)c(C#N)c1=O. The number of nitrogens with zero attached hydrogens (tertiary/aromatic N) is 2. The fourth-order valence-corrected chi connectivity index (χ4v) is 3.01. The summed E-state index contributed by atoms with van der Waals surface area (Å²) in [7, 11) is 0. The fraction of sp³-hybridized carbons (Fsp3) is 0.350. The maximum Gasteiger partial charge on any atom is 0.271 e. The van der Waals surface area contributed by atoms with E-state index in [-0.39, 0.29) is 41.3 Å². The summed E-state index contributed by atoms with van der Waals surface area (Å²) < 4.78 is 1.14. The highest BCUT2D eigenvalue weighted by molar-refractivity contribution is 6.30. The van der Waals surface area contributed by atoms with Gasteiger partial charge in [-0.15, -0.1) is 0 Å². The summed E-state index contributed by atoms with van der Waals surface area (Å²) in [5.41, 5.74) is 0.342. The predicted molar refractivity (Wildman–Crippen MR) is 101 cm³/mol. The molecule has 0 unspecified atom stereocenters. The summed E-state index contributed by atoms with van der Waals surface area (Å²) in [6, 6.07) is 8.70. The molecule has 0 radical (unpaired) electrons. The first-order valence-electron chi connectivity index (χ1n) is 8.54. The average Bonchev–Trinajstić information content (AvgIpc) is 2.60. The van der Waals surface area contributed by atoms with Gasteiger partial charge in [-0.25, -0.2) is 0 Å². The van der Waals surface area contributed by atoms with Crippen LogP contribution in [0.3, 0.4) is 0 Å². The molecule has 0 fully saturated rings. The molecule has 1 aromatic carbocycles.